The van der Waals surface area contributed by atoms with Gasteiger partial charge in [0.25, 0.3) is 0 Å². The van der Waals surface area contributed by atoms with Crippen molar-refractivity contribution >= 4 is 27.5 Å². The molecule has 1 N–H and O–H groups in total. The molecule has 0 spiro atoms. The molecular formula is C19H22BrN3O. The number of carbonyl (C=O) groups is 1. The summed E-state index contributed by atoms with van der Waals surface area (Å²) >= 11 is 3.44. The lowest BCUT2D eigenvalue weighted by Crippen LogP contribution is -2.20. The summed E-state index contributed by atoms with van der Waals surface area (Å²) < 4.78 is 2.93. The van der Waals surface area contributed by atoms with Gasteiger partial charge in [-0.2, -0.15) is 5.10 Å². The number of halogens is 1. The zero-order valence-corrected chi connectivity index (χ0v) is 15.2. The maximum absolute atomic E-state index is 12.3. The molecule has 2 fully saturated rings. The third-order valence-electron chi connectivity index (χ3n) is 5.51. The number of rotatable bonds is 5. The van der Waals surface area contributed by atoms with Gasteiger partial charge in [-0.3, -0.25) is 9.48 Å². The second kappa shape index (κ2) is 6.71. The fraction of sp³-hybridized carbons (Fsp3) is 0.474. The second-order valence-electron chi connectivity index (χ2n) is 7.24. The van der Waals surface area contributed by atoms with Gasteiger partial charge >= 0.3 is 0 Å². The van der Waals surface area contributed by atoms with E-state index in [0.717, 1.165) is 22.0 Å². The van der Waals surface area contributed by atoms with Gasteiger partial charge in [0.05, 0.1) is 18.4 Å². The molecule has 2 bridgehead atoms. The molecule has 2 aliphatic rings. The molecule has 3 atom stereocenters. The summed E-state index contributed by atoms with van der Waals surface area (Å²) in [6.07, 6.45) is 9.61. The molecule has 2 saturated carbocycles. The van der Waals surface area contributed by atoms with Gasteiger partial charge in [0.1, 0.15) is 0 Å². The van der Waals surface area contributed by atoms with Crippen molar-refractivity contribution in [3.05, 3.63) is 46.7 Å². The van der Waals surface area contributed by atoms with Crippen LogP contribution < -0.4 is 5.32 Å². The molecule has 1 heterocycles. The van der Waals surface area contributed by atoms with E-state index in [1.165, 1.54) is 31.2 Å². The van der Waals surface area contributed by atoms with Gasteiger partial charge < -0.3 is 5.32 Å². The number of carbonyl (C=O) groups excluding carboxylic acids is 1. The lowest BCUT2D eigenvalue weighted by atomic mass is 9.86. The molecule has 4 rings (SSSR count). The molecule has 0 saturated heterocycles. The minimum atomic E-state index is 0.135. The molecule has 1 aromatic heterocycles. The van der Waals surface area contributed by atoms with E-state index in [1.54, 1.807) is 6.20 Å². The first-order chi connectivity index (χ1) is 11.7. The molecule has 0 aliphatic heterocycles. The van der Waals surface area contributed by atoms with Gasteiger partial charge in [0.2, 0.25) is 5.91 Å². The zero-order valence-electron chi connectivity index (χ0n) is 13.6. The normalized spacial score (nSPS) is 25.1. The summed E-state index contributed by atoms with van der Waals surface area (Å²) in [6.45, 7) is 0.704. The minimum absolute atomic E-state index is 0.135. The van der Waals surface area contributed by atoms with Crippen molar-refractivity contribution in [2.45, 2.75) is 38.6 Å². The van der Waals surface area contributed by atoms with Crippen molar-refractivity contribution in [1.82, 2.24) is 9.78 Å². The van der Waals surface area contributed by atoms with E-state index in [-0.39, 0.29) is 5.91 Å². The van der Waals surface area contributed by atoms with Gasteiger partial charge in [-0.15, -0.1) is 0 Å². The molecule has 3 unspecified atom stereocenters. The Morgan fingerprint density at radius 2 is 2.08 bits per heavy atom. The molecule has 126 valence electrons. The van der Waals surface area contributed by atoms with Crippen LogP contribution in [0.4, 0.5) is 5.69 Å². The summed E-state index contributed by atoms with van der Waals surface area (Å²) in [5, 5.41) is 7.36. The molecule has 2 aliphatic carbocycles. The van der Waals surface area contributed by atoms with Crippen molar-refractivity contribution in [2.75, 3.05) is 5.32 Å². The van der Waals surface area contributed by atoms with Crippen molar-refractivity contribution in [3.8, 4) is 0 Å². The summed E-state index contributed by atoms with van der Waals surface area (Å²) in [5.41, 5.74) is 1.97. The monoisotopic (exact) mass is 387 g/mol. The highest BCUT2D eigenvalue weighted by molar-refractivity contribution is 9.10. The number of hydrogen-bond donors (Lipinski definition) is 1. The van der Waals surface area contributed by atoms with Crippen LogP contribution in [0.25, 0.3) is 0 Å². The fourth-order valence-electron chi connectivity index (χ4n) is 4.37. The van der Waals surface area contributed by atoms with Gasteiger partial charge in [-0.05, 0) is 54.7 Å². The molecule has 1 aromatic carbocycles. The van der Waals surface area contributed by atoms with Gasteiger partial charge in [0.15, 0.2) is 0 Å². The molecule has 4 nitrogen and oxygen atoms in total. The van der Waals surface area contributed by atoms with Crippen LogP contribution in [0.1, 0.15) is 37.7 Å². The zero-order chi connectivity index (χ0) is 16.5. The van der Waals surface area contributed by atoms with Gasteiger partial charge in [-0.1, -0.05) is 34.5 Å². The van der Waals surface area contributed by atoms with E-state index in [1.807, 2.05) is 23.0 Å². The lowest BCUT2D eigenvalue weighted by Gasteiger charge is -2.20. The number of fused-ring (bicyclic) bond motifs is 2. The number of nitrogens with zero attached hydrogens (tertiary/aromatic N) is 2. The third kappa shape index (κ3) is 3.56. The standard InChI is InChI=1S/C19H22BrN3O/c20-17-5-2-13(3-6-17)11-23-12-18(10-21-23)22-19(24)9-16-8-14-1-4-15(16)7-14/h2-3,5-6,10,12,14-16H,1,4,7-9,11H2,(H,22,24). The Hall–Kier alpha value is -1.62. The quantitative estimate of drug-likeness (QED) is 0.822. The Labute approximate surface area is 150 Å². The second-order valence-corrected chi connectivity index (χ2v) is 8.16. The summed E-state index contributed by atoms with van der Waals surface area (Å²) in [6, 6.07) is 8.19. The molecular weight excluding hydrogens is 366 g/mol. The molecule has 24 heavy (non-hydrogen) atoms. The number of hydrogen-bond acceptors (Lipinski definition) is 2. The molecule has 0 radical (unpaired) electrons. The smallest absolute Gasteiger partial charge is 0.224 e. The van der Waals surface area contributed by atoms with Crippen LogP contribution in [0.15, 0.2) is 41.1 Å². The Balaban J connectivity index is 1.31. The van der Waals surface area contributed by atoms with E-state index in [9.17, 15) is 4.79 Å². The van der Waals surface area contributed by atoms with Crippen LogP contribution in [0, 0.1) is 17.8 Å². The van der Waals surface area contributed by atoms with E-state index < -0.39 is 0 Å². The van der Waals surface area contributed by atoms with Gasteiger partial charge in [-0.25, -0.2) is 0 Å². The van der Waals surface area contributed by atoms with Crippen molar-refractivity contribution < 1.29 is 4.79 Å². The largest absolute Gasteiger partial charge is 0.323 e. The maximum atomic E-state index is 12.3. The van der Waals surface area contributed by atoms with E-state index >= 15 is 0 Å². The van der Waals surface area contributed by atoms with Crippen LogP contribution in [0.3, 0.4) is 0 Å². The van der Waals surface area contributed by atoms with Crippen LogP contribution in [-0.2, 0) is 11.3 Å². The van der Waals surface area contributed by atoms with Crippen LogP contribution in [-0.4, -0.2) is 15.7 Å². The van der Waals surface area contributed by atoms with Crippen molar-refractivity contribution in [2.24, 2.45) is 17.8 Å². The topological polar surface area (TPSA) is 46.9 Å². The van der Waals surface area contributed by atoms with E-state index in [0.29, 0.717) is 18.9 Å². The Bertz CT molecular complexity index is 724. The molecule has 5 heteroatoms. The summed E-state index contributed by atoms with van der Waals surface area (Å²) in [5.74, 6) is 2.42. The predicted molar refractivity (Wildman–Crippen MR) is 97.7 cm³/mol. The Morgan fingerprint density at radius 1 is 1.25 bits per heavy atom. The summed E-state index contributed by atoms with van der Waals surface area (Å²) in [4.78, 5) is 12.3. The van der Waals surface area contributed by atoms with Gasteiger partial charge in [0, 0.05) is 17.1 Å². The van der Waals surface area contributed by atoms with E-state index in [4.69, 9.17) is 0 Å². The lowest BCUT2D eigenvalue weighted by molar-refractivity contribution is -0.117. The van der Waals surface area contributed by atoms with Crippen LogP contribution in [0.2, 0.25) is 0 Å². The first-order valence-corrected chi connectivity index (χ1v) is 9.52. The Kier molecular flexibility index (Phi) is 4.44. The number of anilines is 1. The van der Waals surface area contributed by atoms with Crippen molar-refractivity contribution in [1.29, 1.82) is 0 Å². The highest BCUT2D eigenvalue weighted by Crippen LogP contribution is 2.49. The van der Waals surface area contributed by atoms with E-state index in [2.05, 4.69) is 38.5 Å². The number of aromatic nitrogens is 2. The van der Waals surface area contributed by atoms with Crippen LogP contribution in [0.5, 0.6) is 0 Å². The fourth-order valence-corrected chi connectivity index (χ4v) is 4.63. The predicted octanol–water partition coefficient (Wildman–Crippen LogP) is 4.46. The molecule has 2 aromatic rings. The maximum Gasteiger partial charge on any atom is 0.224 e. The number of amides is 1. The van der Waals surface area contributed by atoms with Crippen LogP contribution >= 0.6 is 15.9 Å². The summed E-state index contributed by atoms with van der Waals surface area (Å²) in [7, 11) is 0. The first kappa shape index (κ1) is 15.9. The average Bonchev–Trinajstić information content (AvgIpc) is 3.27. The minimum Gasteiger partial charge on any atom is -0.323 e. The van der Waals surface area contributed by atoms with Crippen molar-refractivity contribution in [3.63, 3.8) is 0 Å². The highest BCUT2D eigenvalue weighted by Gasteiger charge is 2.40. The third-order valence-corrected chi connectivity index (χ3v) is 6.04. The molecule has 1 amide bonds. The number of nitrogens with one attached hydrogen (secondary N) is 1. The Morgan fingerprint density at radius 3 is 2.79 bits per heavy atom. The number of benzene rings is 1. The SMILES string of the molecule is O=C(CC1CC2CCC1C2)Nc1cnn(Cc2ccc(Br)cc2)c1. The highest BCUT2D eigenvalue weighted by atomic mass is 79.9. The average molecular weight is 388 g/mol. The first-order valence-electron chi connectivity index (χ1n) is 8.72.